The van der Waals surface area contributed by atoms with Crippen molar-refractivity contribution in [2.75, 3.05) is 15.8 Å². The van der Waals surface area contributed by atoms with E-state index < -0.39 is 21.7 Å². The van der Waals surface area contributed by atoms with Gasteiger partial charge in [0.2, 0.25) is 10.0 Å². The number of halogens is 3. The molecule has 0 aromatic heterocycles. The lowest BCUT2D eigenvalue weighted by atomic mass is 10.1. The van der Waals surface area contributed by atoms with Crippen LogP contribution in [0, 0.1) is 12.7 Å². The molecule has 25 heavy (non-hydrogen) atoms. The van der Waals surface area contributed by atoms with E-state index in [1.54, 1.807) is 13.0 Å². The van der Waals surface area contributed by atoms with Crippen molar-refractivity contribution in [3.8, 4) is 0 Å². The zero-order valence-corrected chi connectivity index (χ0v) is 15.7. The second-order valence-electron chi connectivity index (χ2n) is 5.24. The standard InChI is InChI=1S/C16H15Cl2FN2O3S/c1-3-25(23,24)21-15-5-4-10(6-9(15)2)20-16(22)11-7-14(19)13(18)8-12(11)17/h4-8,21H,3H2,1-2H3,(H,20,22). The monoisotopic (exact) mass is 404 g/mol. The van der Waals surface area contributed by atoms with Crippen LogP contribution in [-0.2, 0) is 10.0 Å². The van der Waals surface area contributed by atoms with Crippen LogP contribution in [0.5, 0.6) is 0 Å². The van der Waals surface area contributed by atoms with E-state index in [4.69, 9.17) is 23.2 Å². The van der Waals surface area contributed by atoms with Crippen molar-refractivity contribution < 1.29 is 17.6 Å². The van der Waals surface area contributed by atoms with Gasteiger partial charge in [-0.1, -0.05) is 23.2 Å². The van der Waals surface area contributed by atoms with Crippen molar-refractivity contribution in [1.29, 1.82) is 0 Å². The summed E-state index contributed by atoms with van der Waals surface area (Å²) in [6.45, 7) is 3.22. The minimum Gasteiger partial charge on any atom is -0.322 e. The van der Waals surface area contributed by atoms with Crippen LogP contribution < -0.4 is 10.0 Å². The molecule has 2 rings (SSSR count). The molecule has 0 saturated carbocycles. The molecule has 5 nitrogen and oxygen atoms in total. The third-order valence-corrected chi connectivity index (χ3v) is 5.28. The summed E-state index contributed by atoms with van der Waals surface area (Å²) in [5.41, 5.74) is 1.38. The van der Waals surface area contributed by atoms with E-state index in [1.165, 1.54) is 19.1 Å². The van der Waals surface area contributed by atoms with E-state index in [9.17, 15) is 17.6 Å². The van der Waals surface area contributed by atoms with Crippen molar-refractivity contribution in [3.63, 3.8) is 0 Å². The van der Waals surface area contributed by atoms with E-state index in [-0.39, 0.29) is 21.4 Å². The molecule has 2 aromatic carbocycles. The fourth-order valence-corrected chi connectivity index (χ4v) is 3.17. The van der Waals surface area contributed by atoms with E-state index >= 15 is 0 Å². The lowest BCUT2D eigenvalue weighted by Crippen LogP contribution is -2.16. The Morgan fingerprint density at radius 1 is 1.16 bits per heavy atom. The van der Waals surface area contributed by atoms with Gasteiger partial charge in [0, 0.05) is 5.69 Å². The number of carbonyl (C=O) groups is 1. The van der Waals surface area contributed by atoms with Gasteiger partial charge >= 0.3 is 0 Å². The smallest absolute Gasteiger partial charge is 0.257 e. The number of benzene rings is 2. The molecule has 0 aliphatic rings. The minimum absolute atomic E-state index is 0.0212. The average Bonchev–Trinajstić information content (AvgIpc) is 2.53. The van der Waals surface area contributed by atoms with Gasteiger partial charge in [-0.2, -0.15) is 0 Å². The topological polar surface area (TPSA) is 75.3 Å². The maximum absolute atomic E-state index is 13.5. The summed E-state index contributed by atoms with van der Waals surface area (Å²) in [6, 6.07) is 6.75. The second-order valence-corrected chi connectivity index (χ2v) is 8.06. The Hall–Kier alpha value is -1.83. The fourth-order valence-electron chi connectivity index (χ4n) is 1.99. The van der Waals surface area contributed by atoms with Crippen molar-refractivity contribution in [3.05, 3.63) is 57.3 Å². The molecule has 2 aromatic rings. The molecule has 0 unspecified atom stereocenters. The zero-order chi connectivity index (χ0) is 18.8. The first-order chi connectivity index (χ1) is 11.6. The number of carbonyl (C=O) groups excluding carboxylic acids is 1. The maximum atomic E-state index is 13.5. The molecule has 0 aliphatic carbocycles. The number of nitrogens with one attached hydrogen (secondary N) is 2. The molecule has 0 radical (unpaired) electrons. The summed E-state index contributed by atoms with van der Waals surface area (Å²) in [4.78, 5) is 12.3. The van der Waals surface area contributed by atoms with Crippen LogP contribution in [-0.4, -0.2) is 20.1 Å². The highest BCUT2D eigenvalue weighted by Gasteiger charge is 2.15. The van der Waals surface area contributed by atoms with Crippen LogP contribution in [0.4, 0.5) is 15.8 Å². The van der Waals surface area contributed by atoms with E-state index in [0.717, 1.165) is 12.1 Å². The van der Waals surface area contributed by atoms with Gasteiger partial charge in [-0.25, -0.2) is 12.8 Å². The Morgan fingerprint density at radius 2 is 1.84 bits per heavy atom. The number of rotatable bonds is 5. The Balaban J connectivity index is 2.22. The Bertz CT molecular complexity index is 933. The summed E-state index contributed by atoms with van der Waals surface area (Å²) < 4.78 is 39.2. The van der Waals surface area contributed by atoms with Gasteiger partial charge in [0.05, 0.1) is 27.0 Å². The first kappa shape index (κ1) is 19.5. The summed E-state index contributed by atoms with van der Waals surface area (Å²) in [5, 5.41) is 2.43. The highest BCUT2D eigenvalue weighted by Crippen LogP contribution is 2.26. The van der Waals surface area contributed by atoms with Crippen LogP contribution in [0.15, 0.2) is 30.3 Å². The van der Waals surface area contributed by atoms with Gasteiger partial charge in [0.25, 0.3) is 5.91 Å². The van der Waals surface area contributed by atoms with E-state index in [0.29, 0.717) is 16.9 Å². The van der Waals surface area contributed by atoms with Crippen LogP contribution in [0.3, 0.4) is 0 Å². The molecule has 0 bridgehead atoms. The normalized spacial score (nSPS) is 11.2. The third kappa shape index (κ3) is 4.84. The van der Waals surface area contributed by atoms with Crippen LogP contribution in [0.1, 0.15) is 22.8 Å². The molecular weight excluding hydrogens is 390 g/mol. The molecule has 1 amide bonds. The first-order valence-electron chi connectivity index (χ1n) is 7.20. The van der Waals surface area contributed by atoms with Crippen molar-refractivity contribution in [2.24, 2.45) is 0 Å². The number of anilines is 2. The largest absolute Gasteiger partial charge is 0.322 e. The van der Waals surface area contributed by atoms with Gasteiger partial charge in [-0.3, -0.25) is 9.52 Å². The number of aryl methyl sites for hydroxylation is 1. The molecular formula is C16H15Cl2FN2O3S. The molecule has 134 valence electrons. The predicted molar refractivity (Wildman–Crippen MR) is 98.6 cm³/mol. The van der Waals surface area contributed by atoms with Crippen LogP contribution in [0.25, 0.3) is 0 Å². The summed E-state index contributed by atoms with van der Waals surface area (Å²) in [7, 11) is -3.40. The first-order valence-corrected chi connectivity index (χ1v) is 9.61. The summed E-state index contributed by atoms with van der Waals surface area (Å²) in [6.07, 6.45) is 0. The molecule has 0 saturated heterocycles. The second kappa shape index (κ2) is 7.59. The number of hydrogen-bond acceptors (Lipinski definition) is 3. The van der Waals surface area contributed by atoms with Crippen molar-refractivity contribution in [2.45, 2.75) is 13.8 Å². The van der Waals surface area contributed by atoms with E-state index in [2.05, 4.69) is 10.0 Å². The SMILES string of the molecule is CCS(=O)(=O)Nc1ccc(NC(=O)c2cc(F)c(Cl)cc2Cl)cc1C. The highest BCUT2D eigenvalue weighted by molar-refractivity contribution is 7.92. The highest BCUT2D eigenvalue weighted by atomic mass is 35.5. The van der Waals surface area contributed by atoms with Gasteiger partial charge in [0.15, 0.2) is 0 Å². The summed E-state index contributed by atoms with van der Waals surface area (Å²) >= 11 is 11.5. The molecule has 2 N–H and O–H groups in total. The fraction of sp³-hybridized carbons (Fsp3) is 0.188. The molecule has 9 heteroatoms. The van der Waals surface area contributed by atoms with Gasteiger partial charge in [0.1, 0.15) is 5.82 Å². The minimum atomic E-state index is -3.40. The average molecular weight is 405 g/mol. The Kier molecular flexibility index (Phi) is 5.92. The van der Waals surface area contributed by atoms with Crippen LogP contribution >= 0.6 is 23.2 Å². The van der Waals surface area contributed by atoms with Gasteiger partial charge in [-0.05, 0) is 49.7 Å². The van der Waals surface area contributed by atoms with Crippen molar-refractivity contribution >= 4 is 50.5 Å². The number of amides is 1. The molecule has 0 heterocycles. The third-order valence-electron chi connectivity index (χ3n) is 3.38. The van der Waals surface area contributed by atoms with Crippen molar-refractivity contribution in [1.82, 2.24) is 0 Å². The van der Waals surface area contributed by atoms with Gasteiger partial charge in [-0.15, -0.1) is 0 Å². The number of sulfonamides is 1. The lowest BCUT2D eigenvalue weighted by Gasteiger charge is -2.12. The number of hydrogen-bond donors (Lipinski definition) is 2. The lowest BCUT2D eigenvalue weighted by molar-refractivity contribution is 0.102. The maximum Gasteiger partial charge on any atom is 0.257 e. The predicted octanol–water partition coefficient (Wildman–Crippen LogP) is 4.45. The van der Waals surface area contributed by atoms with E-state index in [1.807, 2.05) is 0 Å². The molecule has 0 spiro atoms. The Labute approximate surface area is 155 Å². The molecule has 0 fully saturated rings. The van der Waals surface area contributed by atoms with Gasteiger partial charge < -0.3 is 5.32 Å². The Morgan fingerprint density at radius 3 is 2.44 bits per heavy atom. The quantitative estimate of drug-likeness (QED) is 0.722. The summed E-state index contributed by atoms with van der Waals surface area (Å²) in [5.74, 6) is -1.41. The zero-order valence-electron chi connectivity index (χ0n) is 13.4. The molecule has 0 atom stereocenters. The molecule has 0 aliphatic heterocycles. The van der Waals surface area contributed by atoms with Crippen LogP contribution in [0.2, 0.25) is 10.0 Å².